The summed E-state index contributed by atoms with van der Waals surface area (Å²) in [6, 6.07) is 12.6. The maximum Gasteiger partial charge on any atom is 0.315 e. The molecule has 0 spiro atoms. The molecular weight excluding hydrogens is 311 g/mol. The van der Waals surface area contributed by atoms with E-state index in [0.717, 1.165) is 11.3 Å². The highest BCUT2D eigenvalue weighted by Gasteiger charge is 2.22. The second-order valence-electron chi connectivity index (χ2n) is 5.65. The smallest absolute Gasteiger partial charge is 0.315 e. The number of fused-ring (bicyclic) bond motifs is 1. The number of urea groups is 1. The van der Waals surface area contributed by atoms with Crippen LogP contribution in [0.1, 0.15) is 29.7 Å². The molecule has 0 saturated carbocycles. The summed E-state index contributed by atoms with van der Waals surface area (Å²) < 4.78 is 18.4. The number of hydrogen-bond acceptors (Lipinski definition) is 3. The van der Waals surface area contributed by atoms with Gasteiger partial charge in [0.15, 0.2) is 0 Å². The van der Waals surface area contributed by atoms with Crippen LogP contribution in [0.2, 0.25) is 0 Å². The van der Waals surface area contributed by atoms with Crippen LogP contribution in [0.4, 0.5) is 9.18 Å². The Morgan fingerprint density at radius 2 is 2.00 bits per heavy atom. The standard InChI is InChI=1S/C18H19FN2O3/c19-13-7-5-12(6-8-13)16(22)11-20-18(23)21-15-9-10-24-17-4-2-1-3-14(15)17/h1-8,15-16,22H,9-11H2,(H2,20,21,23). The molecule has 0 aliphatic carbocycles. The van der Waals surface area contributed by atoms with Gasteiger partial charge in [-0.15, -0.1) is 0 Å². The topological polar surface area (TPSA) is 70.6 Å². The molecule has 126 valence electrons. The molecule has 2 amide bonds. The number of para-hydroxylation sites is 1. The summed E-state index contributed by atoms with van der Waals surface area (Å²) in [7, 11) is 0. The molecule has 1 aliphatic heterocycles. The van der Waals surface area contributed by atoms with Crippen molar-refractivity contribution in [3.63, 3.8) is 0 Å². The Hall–Kier alpha value is -2.60. The minimum absolute atomic E-state index is 0.0440. The van der Waals surface area contributed by atoms with Gasteiger partial charge in [0, 0.05) is 18.5 Å². The summed E-state index contributed by atoms with van der Waals surface area (Å²) in [5, 5.41) is 15.6. The number of rotatable bonds is 4. The van der Waals surface area contributed by atoms with E-state index in [1.165, 1.54) is 24.3 Å². The number of hydrogen-bond donors (Lipinski definition) is 3. The highest BCUT2D eigenvalue weighted by Crippen LogP contribution is 2.31. The molecule has 0 saturated heterocycles. The molecule has 2 aromatic carbocycles. The highest BCUT2D eigenvalue weighted by atomic mass is 19.1. The van der Waals surface area contributed by atoms with Gasteiger partial charge in [-0.25, -0.2) is 9.18 Å². The number of aliphatic hydroxyl groups excluding tert-OH is 1. The molecule has 24 heavy (non-hydrogen) atoms. The van der Waals surface area contributed by atoms with Gasteiger partial charge in [0.2, 0.25) is 0 Å². The first-order valence-electron chi connectivity index (χ1n) is 7.83. The molecule has 0 radical (unpaired) electrons. The lowest BCUT2D eigenvalue weighted by Crippen LogP contribution is -2.41. The Kier molecular flexibility index (Phi) is 4.96. The summed E-state index contributed by atoms with van der Waals surface area (Å²) in [5.74, 6) is 0.412. The molecular formula is C18H19FN2O3. The lowest BCUT2D eigenvalue weighted by Gasteiger charge is -2.26. The molecule has 2 unspecified atom stereocenters. The molecule has 1 aliphatic rings. The predicted octanol–water partition coefficient (Wildman–Crippen LogP) is 2.68. The van der Waals surface area contributed by atoms with E-state index in [9.17, 15) is 14.3 Å². The average Bonchev–Trinajstić information content (AvgIpc) is 2.61. The third-order valence-electron chi connectivity index (χ3n) is 3.97. The lowest BCUT2D eigenvalue weighted by molar-refractivity contribution is 0.171. The van der Waals surface area contributed by atoms with E-state index < -0.39 is 6.10 Å². The molecule has 1 heterocycles. The maximum absolute atomic E-state index is 12.9. The zero-order valence-corrected chi connectivity index (χ0v) is 13.0. The molecule has 2 atom stereocenters. The number of carbonyl (C=O) groups excluding carboxylic acids is 1. The maximum atomic E-state index is 12.9. The van der Waals surface area contributed by atoms with Gasteiger partial charge < -0.3 is 20.5 Å². The van der Waals surface area contributed by atoms with Crippen molar-refractivity contribution in [2.45, 2.75) is 18.6 Å². The van der Waals surface area contributed by atoms with Crippen LogP contribution in [0.3, 0.4) is 0 Å². The SMILES string of the molecule is O=C(NCC(O)c1ccc(F)cc1)NC1CCOc2ccccc21. The van der Waals surface area contributed by atoms with Gasteiger partial charge in [0.1, 0.15) is 11.6 Å². The van der Waals surface area contributed by atoms with E-state index in [-0.39, 0.29) is 24.4 Å². The Balaban J connectivity index is 1.54. The molecule has 0 aromatic heterocycles. The van der Waals surface area contributed by atoms with Crippen molar-refractivity contribution in [3.05, 3.63) is 65.5 Å². The molecule has 5 nitrogen and oxygen atoms in total. The van der Waals surface area contributed by atoms with Crippen LogP contribution in [0.25, 0.3) is 0 Å². The summed E-state index contributed by atoms with van der Waals surface area (Å²) in [6.07, 6.45) is -0.205. The molecule has 6 heteroatoms. The van der Waals surface area contributed by atoms with Crippen LogP contribution >= 0.6 is 0 Å². The summed E-state index contributed by atoms with van der Waals surface area (Å²) in [5.41, 5.74) is 1.49. The van der Waals surface area contributed by atoms with Crippen molar-refractivity contribution in [2.75, 3.05) is 13.2 Å². The fourth-order valence-electron chi connectivity index (χ4n) is 2.69. The molecule has 2 aromatic rings. The van der Waals surface area contributed by atoms with Crippen LogP contribution in [-0.4, -0.2) is 24.3 Å². The van der Waals surface area contributed by atoms with E-state index in [0.29, 0.717) is 18.6 Å². The molecule has 0 fully saturated rings. The Labute approximate surface area is 139 Å². The van der Waals surface area contributed by atoms with E-state index >= 15 is 0 Å². The second-order valence-corrected chi connectivity index (χ2v) is 5.65. The number of aliphatic hydroxyl groups is 1. The second kappa shape index (κ2) is 7.31. The molecule has 3 rings (SSSR count). The van der Waals surface area contributed by atoms with Gasteiger partial charge in [-0.05, 0) is 23.8 Å². The Morgan fingerprint density at radius 3 is 2.79 bits per heavy atom. The van der Waals surface area contributed by atoms with Gasteiger partial charge >= 0.3 is 6.03 Å². The first-order chi connectivity index (χ1) is 11.6. The number of amides is 2. The Morgan fingerprint density at radius 1 is 1.25 bits per heavy atom. The van der Waals surface area contributed by atoms with E-state index in [4.69, 9.17) is 4.74 Å². The molecule has 3 N–H and O–H groups in total. The monoisotopic (exact) mass is 330 g/mol. The molecule has 0 bridgehead atoms. The number of nitrogens with one attached hydrogen (secondary N) is 2. The lowest BCUT2D eigenvalue weighted by atomic mass is 10.0. The first-order valence-corrected chi connectivity index (χ1v) is 7.83. The van der Waals surface area contributed by atoms with E-state index in [1.54, 1.807) is 0 Å². The van der Waals surface area contributed by atoms with E-state index in [1.807, 2.05) is 24.3 Å². The van der Waals surface area contributed by atoms with Crippen molar-refractivity contribution in [1.82, 2.24) is 10.6 Å². The number of ether oxygens (including phenoxy) is 1. The van der Waals surface area contributed by atoms with Crippen LogP contribution < -0.4 is 15.4 Å². The fraction of sp³-hybridized carbons (Fsp3) is 0.278. The number of benzene rings is 2. The van der Waals surface area contributed by atoms with Crippen molar-refractivity contribution in [2.24, 2.45) is 0 Å². The van der Waals surface area contributed by atoms with Crippen LogP contribution in [0.5, 0.6) is 5.75 Å². The quantitative estimate of drug-likeness (QED) is 0.807. The third-order valence-corrected chi connectivity index (χ3v) is 3.97. The van der Waals surface area contributed by atoms with Gasteiger partial charge in [0.05, 0.1) is 18.8 Å². The number of carbonyl (C=O) groups is 1. The summed E-state index contributed by atoms with van der Waals surface area (Å²) >= 11 is 0. The minimum Gasteiger partial charge on any atom is -0.493 e. The van der Waals surface area contributed by atoms with Crippen molar-refractivity contribution in [1.29, 1.82) is 0 Å². The van der Waals surface area contributed by atoms with Gasteiger partial charge in [-0.1, -0.05) is 30.3 Å². The van der Waals surface area contributed by atoms with Crippen molar-refractivity contribution < 1.29 is 19.0 Å². The van der Waals surface area contributed by atoms with Crippen molar-refractivity contribution >= 4 is 6.03 Å². The zero-order chi connectivity index (χ0) is 16.9. The van der Waals surface area contributed by atoms with Crippen LogP contribution in [0.15, 0.2) is 48.5 Å². The van der Waals surface area contributed by atoms with Crippen LogP contribution in [-0.2, 0) is 0 Å². The highest BCUT2D eigenvalue weighted by molar-refractivity contribution is 5.74. The van der Waals surface area contributed by atoms with Crippen molar-refractivity contribution in [3.8, 4) is 5.75 Å². The average molecular weight is 330 g/mol. The Bertz CT molecular complexity index is 706. The predicted molar refractivity (Wildman–Crippen MR) is 87.2 cm³/mol. The van der Waals surface area contributed by atoms with Gasteiger partial charge in [-0.3, -0.25) is 0 Å². The third kappa shape index (κ3) is 3.83. The normalized spacial score (nSPS) is 17.3. The first kappa shape index (κ1) is 16.3. The summed E-state index contributed by atoms with van der Waals surface area (Å²) in [6.45, 7) is 0.586. The van der Waals surface area contributed by atoms with E-state index in [2.05, 4.69) is 10.6 Å². The largest absolute Gasteiger partial charge is 0.493 e. The van der Waals surface area contributed by atoms with Gasteiger partial charge in [0.25, 0.3) is 0 Å². The number of halogens is 1. The van der Waals surface area contributed by atoms with Crippen LogP contribution in [0, 0.1) is 5.82 Å². The summed E-state index contributed by atoms with van der Waals surface area (Å²) in [4.78, 5) is 12.1. The minimum atomic E-state index is -0.890. The van der Waals surface area contributed by atoms with Gasteiger partial charge in [-0.2, -0.15) is 0 Å². The zero-order valence-electron chi connectivity index (χ0n) is 13.0. The fourth-order valence-corrected chi connectivity index (χ4v) is 2.69.